The van der Waals surface area contributed by atoms with Crippen molar-refractivity contribution in [3.05, 3.63) is 18.2 Å². The van der Waals surface area contributed by atoms with Gasteiger partial charge in [-0.1, -0.05) is 6.92 Å². The number of nitrogens with one attached hydrogen (secondary N) is 1. The summed E-state index contributed by atoms with van der Waals surface area (Å²) >= 11 is 0. The zero-order valence-electron chi connectivity index (χ0n) is 14.0. The smallest absolute Gasteiger partial charge is 0.221 e. The molecule has 1 aromatic rings. The summed E-state index contributed by atoms with van der Waals surface area (Å²) in [7, 11) is 1.56. The van der Waals surface area contributed by atoms with Crippen LogP contribution in [0.15, 0.2) is 18.2 Å². The van der Waals surface area contributed by atoms with Crippen LogP contribution in [-0.4, -0.2) is 32.2 Å². The third kappa shape index (κ3) is 5.41. The fourth-order valence-electron chi connectivity index (χ4n) is 2.38. The molecule has 1 fully saturated rings. The lowest BCUT2D eigenvalue weighted by Gasteiger charge is -2.27. The minimum atomic E-state index is -0.404. The number of carbonyl (C=O) groups is 1. The quantitative estimate of drug-likeness (QED) is 0.780. The largest absolute Gasteiger partial charge is 0.493 e. The van der Waals surface area contributed by atoms with Gasteiger partial charge in [-0.15, -0.1) is 0 Å². The number of rotatable bonds is 7. The van der Waals surface area contributed by atoms with E-state index in [9.17, 15) is 4.79 Å². The molecule has 0 spiro atoms. The molecule has 1 aliphatic rings. The molecule has 0 bridgehead atoms. The Hall–Kier alpha value is -1.79. The third-order valence-corrected chi connectivity index (χ3v) is 3.52. The first-order valence-corrected chi connectivity index (χ1v) is 8.01. The first kappa shape index (κ1) is 17.6. The van der Waals surface area contributed by atoms with Gasteiger partial charge < -0.3 is 24.3 Å². The van der Waals surface area contributed by atoms with Gasteiger partial charge in [-0.3, -0.25) is 4.79 Å². The topological polar surface area (TPSA) is 66.0 Å². The number of carbonyl (C=O) groups excluding carboxylic acids is 1. The number of benzene rings is 1. The van der Waals surface area contributed by atoms with E-state index in [1.165, 1.54) is 6.92 Å². The number of ether oxygens (including phenoxy) is 4. The minimum absolute atomic E-state index is 0.134. The second-order valence-electron chi connectivity index (χ2n) is 5.43. The average Bonchev–Trinajstić information content (AvgIpc) is 2.55. The summed E-state index contributed by atoms with van der Waals surface area (Å²) < 4.78 is 22.7. The average molecular weight is 323 g/mol. The first-order valence-electron chi connectivity index (χ1n) is 8.01. The van der Waals surface area contributed by atoms with E-state index in [0.717, 1.165) is 25.9 Å². The first-order chi connectivity index (χ1) is 11.1. The monoisotopic (exact) mass is 323 g/mol. The Morgan fingerprint density at radius 3 is 2.83 bits per heavy atom. The van der Waals surface area contributed by atoms with Crippen LogP contribution in [0.25, 0.3) is 0 Å². The van der Waals surface area contributed by atoms with Crippen molar-refractivity contribution in [1.82, 2.24) is 0 Å². The van der Waals surface area contributed by atoms with E-state index >= 15 is 0 Å². The van der Waals surface area contributed by atoms with Gasteiger partial charge in [0.15, 0.2) is 17.8 Å². The fourth-order valence-corrected chi connectivity index (χ4v) is 2.38. The molecule has 2 atom stereocenters. The molecule has 6 nitrogen and oxygen atoms in total. The van der Waals surface area contributed by atoms with Crippen LogP contribution in [0.2, 0.25) is 0 Å². The zero-order valence-corrected chi connectivity index (χ0v) is 14.0. The van der Waals surface area contributed by atoms with Crippen molar-refractivity contribution in [2.75, 3.05) is 19.0 Å². The SMILES string of the molecule is CCC(Oc1ccc(NC(C)=O)cc1OC)OC1CCCCO1. The Balaban J connectivity index is 2.02. The second kappa shape index (κ2) is 8.74. The summed E-state index contributed by atoms with van der Waals surface area (Å²) in [4.78, 5) is 11.1. The number of hydrogen-bond acceptors (Lipinski definition) is 5. The van der Waals surface area contributed by atoms with E-state index in [1.807, 2.05) is 6.92 Å². The highest BCUT2D eigenvalue weighted by atomic mass is 16.8. The molecule has 2 unspecified atom stereocenters. The Morgan fingerprint density at radius 1 is 1.39 bits per heavy atom. The van der Waals surface area contributed by atoms with Crippen molar-refractivity contribution in [2.45, 2.75) is 52.1 Å². The summed E-state index contributed by atoms with van der Waals surface area (Å²) in [5, 5.41) is 2.71. The van der Waals surface area contributed by atoms with E-state index in [1.54, 1.807) is 25.3 Å². The van der Waals surface area contributed by atoms with Gasteiger partial charge in [-0.25, -0.2) is 0 Å². The Kier molecular flexibility index (Phi) is 6.67. The molecule has 1 aliphatic heterocycles. The highest BCUT2D eigenvalue weighted by Crippen LogP contribution is 2.32. The van der Waals surface area contributed by atoms with Gasteiger partial charge in [0.05, 0.1) is 7.11 Å². The van der Waals surface area contributed by atoms with E-state index in [0.29, 0.717) is 23.6 Å². The van der Waals surface area contributed by atoms with Crippen LogP contribution >= 0.6 is 0 Å². The van der Waals surface area contributed by atoms with Gasteiger partial charge in [0.2, 0.25) is 12.2 Å². The molecule has 0 radical (unpaired) electrons. The van der Waals surface area contributed by atoms with Crippen molar-refractivity contribution in [3.8, 4) is 11.5 Å². The Bertz CT molecular complexity index is 514. The van der Waals surface area contributed by atoms with Crippen LogP contribution in [0.1, 0.15) is 39.5 Å². The van der Waals surface area contributed by atoms with Crippen molar-refractivity contribution >= 4 is 11.6 Å². The van der Waals surface area contributed by atoms with Crippen LogP contribution < -0.4 is 14.8 Å². The standard InChI is InChI=1S/C17H25NO5/c1-4-16(23-17-7-5-6-10-21-17)22-14-9-8-13(18-12(2)19)11-15(14)20-3/h8-9,11,16-17H,4-7,10H2,1-3H3,(H,18,19). The lowest BCUT2D eigenvalue weighted by molar-refractivity contribution is -0.232. The van der Waals surface area contributed by atoms with E-state index in [-0.39, 0.29) is 12.2 Å². The van der Waals surface area contributed by atoms with E-state index in [4.69, 9.17) is 18.9 Å². The molecule has 2 rings (SSSR count). The van der Waals surface area contributed by atoms with Crippen LogP contribution in [0.5, 0.6) is 11.5 Å². The molecule has 0 aromatic heterocycles. The van der Waals surface area contributed by atoms with Crippen molar-refractivity contribution < 1.29 is 23.7 Å². The summed E-state index contributed by atoms with van der Waals surface area (Å²) in [6.07, 6.45) is 3.15. The van der Waals surface area contributed by atoms with Gasteiger partial charge in [-0.05, 0) is 31.4 Å². The van der Waals surface area contributed by atoms with Gasteiger partial charge in [0, 0.05) is 31.7 Å². The molecule has 6 heteroatoms. The molecular formula is C17H25NO5. The van der Waals surface area contributed by atoms with Crippen LogP contribution in [0, 0.1) is 0 Å². The van der Waals surface area contributed by atoms with Gasteiger partial charge in [-0.2, -0.15) is 0 Å². The maximum atomic E-state index is 11.1. The van der Waals surface area contributed by atoms with Crippen LogP contribution in [-0.2, 0) is 14.3 Å². The maximum Gasteiger partial charge on any atom is 0.221 e. The molecule has 1 heterocycles. The zero-order chi connectivity index (χ0) is 16.7. The predicted molar refractivity (Wildman–Crippen MR) is 86.7 cm³/mol. The van der Waals surface area contributed by atoms with Crippen molar-refractivity contribution in [1.29, 1.82) is 0 Å². The molecule has 1 amide bonds. The summed E-state index contributed by atoms with van der Waals surface area (Å²) in [6.45, 7) is 4.18. The number of anilines is 1. The summed E-state index contributed by atoms with van der Waals surface area (Å²) in [5.41, 5.74) is 0.659. The maximum absolute atomic E-state index is 11.1. The lowest BCUT2D eigenvalue weighted by atomic mass is 10.2. The number of hydrogen-bond donors (Lipinski definition) is 1. The van der Waals surface area contributed by atoms with E-state index < -0.39 is 6.29 Å². The highest BCUT2D eigenvalue weighted by molar-refractivity contribution is 5.89. The molecule has 1 saturated heterocycles. The van der Waals surface area contributed by atoms with Crippen molar-refractivity contribution in [3.63, 3.8) is 0 Å². The van der Waals surface area contributed by atoms with E-state index in [2.05, 4.69) is 5.32 Å². The van der Waals surface area contributed by atoms with Gasteiger partial charge in [0.1, 0.15) is 0 Å². The molecule has 1 N–H and O–H groups in total. The Labute approximate surface area is 137 Å². The fraction of sp³-hybridized carbons (Fsp3) is 0.588. The predicted octanol–water partition coefficient (Wildman–Crippen LogP) is 3.31. The van der Waals surface area contributed by atoms with Gasteiger partial charge in [0.25, 0.3) is 0 Å². The third-order valence-electron chi connectivity index (χ3n) is 3.52. The minimum Gasteiger partial charge on any atom is -0.493 e. The summed E-state index contributed by atoms with van der Waals surface area (Å²) in [5.74, 6) is 0.983. The number of methoxy groups -OCH3 is 1. The molecule has 1 aromatic carbocycles. The van der Waals surface area contributed by atoms with Gasteiger partial charge >= 0.3 is 0 Å². The van der Waals surface area contributed by atoms with Crippen molar-refractivity contribution in [2.24, 2.45) is 0 Å². The Morgan fingerprint density at radius 2 is 2.22 bits per heavy atom. The molecular weight excluding hydrogens is 298 g/mol. The normalized spacial score (nSPS) is 19.0. The summed E-state index contributed by atoms with van der Waals surface area (Å²) in [6, 6.07) is 5.25. The molecule has 128 valence electrons. The molecule has 23 heavy (non-hydrogen) atoms. The van der Waals surface area contributed by atoms with Crippen LogP contribution in [0.4, 0.5) is 5.69 Å². The molecule has 0 saturated carbocycles. The number of amides is 1. The second-order valence-corrected chi connectivity index (χ2v) is 5.43. The highest BCUT2D eigenvalue weighted by Gasteiger charge is 2.21. The van der Waals surface area contributed by atoms with Crippen LogP contribution in [0.3, 0.4) is 0 Å². The lowest BCUT2D eigenvalue weighted by Crippen LogP contribution is -2.30. The molecule has 0 aliphatic carbocycles.